The third kappa shape index (κ3) is 4.74. The Morgan fingerprint density at radius 1 is 1.29 bits per heavy atom. The molecule has 9 nitrogen and oxygen atoms in total. The number of carbonyl (C=O) groups is 1. The molecule has 12 heteroatoms. The molecule has 1 N–H and O–H groups in total. The number of piperazine rings is 1. The Hall–Kier alpha value is -2.86. The van der Waals surface area contributed by atoms with Crippen LogP contribution >= 0.6 is 24.4 Å². The highest BCUT2D eigenvalue weighted by Gasteiger charge is 2.33. The van der Waals surface area contributed by atoms with Crippen LogP contribution < -0.4 is 15.1 Å². The van der Waals surface area contributed by atoms with E-state index in [0.717, 1.165) is 0 Å². The molecule has 1 atom stereocenters. The summed E-state index contributed by atoms with van der Waals surface area (Å²) in [6, 6.07) is 4.79. The van der Waals surface area contributed by atoms with Gasteiger partial charge in [0.1, 0.15) is 11.9 Å². The monoisotopic (exact) mass is 464 g/mol. The third-order valence-corrected chi connectivity index (χ3v) is 5.72. The number of hydrogen-bond donors (Lipinski definition) is 1. The van der Waals surface area contributed by atoms with Gasteiger partial charge in [-0.15, -0.1) is 10.2 Å². The zero-order valence-corrected chi connectivity index (χ0v) is 18.4. The van der Waals surface area contributed by atoms with Crippen molar-refractivity contribution in [3.05, 3.63) is 36.3 Å². The minimum Gasteiger partial charge on any atom is -0.442 e. The van der Waals surface area contributed by atoms with Gasteiger partial charge in [0.25, 0.3) is 5.89 Å². The summed E-state index contributed by atoms with van der Waals surface area (Å²) < 4.78 is 25.4. The molecular weight excluding hydrogens is 443 g/mol. The Morgan fingerprint density at radius 2 is 2.06 bits per heavy atom. The second kappa shape index (κ2) is 9.10. The lowest BCUT2D eigenvalue weighted by atomic mass is 10.2. The summed E-state index contributed by atoms with van der Waals surface area (Å²) in [5, 5.41) is 10.5. The van der Waals surface area contributed by atoms with Gasteiger partial charge in [-0.05, 0) is 25.1 Å². The minimum atomic E-state index is -0.496. The molecule has 0 saturated carbocycles. The molecule has 4 rings (SSSR count). The first kappa shape index (κ1) is 21.4. The van der Waals surface area contributed by atoms with E-state index in [9.17, 15) is 9.18 Å². The van der Waals surface area contributed by atoms with Crippen LogP contribution in [0.15, 0.2) is 29.0 Å². The molecule has 0 aliphatic carbocycles. The van der Waals surface area contributed by atoms with Crippen molar-refractivity contribution in [1.82, 2.24) is 20.4 Å². The molecule has 0 unspecified atom stereocenters. The van der Waals surface area contributed by atoms with Gasteiger partial charge in [0.05, 0.1) is 29.5 Å². The van der Waals surface area contributed by atoms with Crippen LogP contribution in [-0.4, -0.2) is 76.5 Å². The van der Waals surface area contributed by atoms with Crippen LogP contribution in [0.5, 0.6) is 0 Å². The average Bonchev–Trinajstić information content (AvgIpc) is 3.42. The van der Waals surface area contributed by atoms with Crippen molar-refractivity contribution >= 4 is 51.9 Å². The molecule has 3 heterocycles. The van der Waals surface area contributed by atoms with Crippen molar-refractivity contribution in [1.29, 1.82) is 0 Å². The normalized spacial score (nSPS) is 18.8. The van der Waals surface area contributed by atoms with Gasteiger partial charge in [-0.2, -0.15) is 0 Å². The number of nitrogens with zero attached hydrogens (tertiary/aromatic N) is 5. The fourth-order valence-corrected chi connectivity index (χ4v) is 3.92. The largest absolute Gasteiger partial charge is 0.442 e. The molecule has 2 aromatic rings. The number of hydrogen-bond acceptors (Lipinski definition) is 8. The van der Waals surface area contributed by atoms with E-state index < -0.39 is 11.9 Å². The highest BCUT2D eigenvalue weighted by atomic mass is 32.1. The fourth-order valence-electron chi connectivity index (χ4n) is 3.57. The smallest absolute Gasteiger partial charge is 0.414 e. The fraction of sp³-hybridized carbons (Fsp3) is 0.421. The maximum atomic E-state index is 14.9. The van der Waals surface area contributed by atoms with Gasteiger partial charge in [0.15, 0.2) is 4.99 Å². The number of carbonyl (C=O) groups excluding carboxylic acids is 1. The highest BCUT2D eigenvalue weighted by molar-refractivity contribution is 7.80. The number of aromatic nitrogens is 2. The van der Waals surface area contributed by atoms with E-state index in [1.54, 1.807) is 19.1 Å². The number of thiocarbonyl (C=S) groups is 2. The van der Waals surface area contributed by atoms with Gasteiger partial charge in [-0.3, -0.25) is 4.90 Å². The van der Waals surface area contributed by atoms with Gasteiger partial charge in [0.2, 0.25) is 6.39 Å². The summed E-state index contributed by atoms with van der Waals surface area (Å²) in [5.74, 6) is -0.0831. The molecule has 2 aliphatic rings. The lowest BCUT2D eigenvalue weighted by Gasteiger charge is -2.36. The molecule has 2 aliphatic heterocycles. The topological polar surface area (TPSA) is 87.0 Å². The van der Waals surface area contributed by atoms with Crippen LogP contribution in [0.2, 0.25) is 0 Å². The van der Waals surface area contributed by atoms with Crippen LogP contribution in [0.4, 0.5) is 20.6 Å². The van der Waals surface area contributed by atoms with E-state index >= 15 is 0 Å². The zero-order chi connectivity index (χ0) is 22.0. The minimum absolute atomic E-state index is 0.311. The van der Waals surface area contributed by atoms with Crippen molar-refractivity contribution in [3.63, 3.8) is 0 Å². The van der Waals surface area contributed by atoms with Crippen molar-refractivity contribution in [3.8, 4) is 0 Å². The molecular formula is C19H21FN6O3S2. The van der Waals surface area contributed by atoms with Crippen LogP contribution in [-0.2, 0) is 4.74 Å². The van der Waals surface area contributed by atoms with Crippen LogP contribution in [0.1, 0.15) is 12.8 Å². The second-order valence-corrected chi connectivity index (χ2v) is 8.21. The molecule has 2 saturated heterocycles. The lowest BCUT2D eigenvalue weighted by molar-refractivity contribution is 0.143. The maximum absolute atomic E-state index is 14.9. The highest BCUT2D eigenvalue weighted by Crippen LogP contribution is 2.28. The van der Waals surface area contributed by atoms with E-state index in [4.69, 9.17) is 33.6 Å². The first-order chi connectivity index (χ1) is 14.9. The van der Waals surface area contributed by atoms with E-state index in [0.29, 0.717) is 66.5 Å². The number of nitrogens with one attached hydrogen (secondary N) is 1. The molecule has 1 aromatic heterocycles. The Balaban J connectivity index is 1.38. The van der Waals surface area contributed by atoms with E-state index in [2.05, 4.69) is 15.5 Å². The molecule has 31 heavy (non-hydrogen) atoms. The van der Waals surface area contributed by atoms with E-state index in [-0.39, 0.29) is 6.10 Å². The zero-order valence-electron chi connectivity index (χ0n) is 16.8. The van der Waals surface area contributed by atoms with Gasteiger partial charge in [-0.25, -0.2) is 9.18 Å². The Labute approximate surface area is 189 Å². The standard InChI is InChI=1S/C19H21FN6O3S2/c1-12(30)21-9-14-10-26(19(27)29-14)13-2-3-16(15(20)8-13)24-4-6-25(7-5-24)18(31)17-23-22-11-28-17/h2-3,8,11,14H,4-7,9-10H2,1H3,(H,21,30)/t14-/m0/s1. The number of ether oxygens (including phenoxy) is 1. The lowest BCUT2D eigenvalue weighted by Crippen LogP contribution is -2.48. The maximum Gasteiger partial charge on any atom is 0.414 e. The molecule has 0 radical (unpaired) electrons. The summed E-state index contributed by atoms with van der Waals surface area (Å²) in [4.78, 5) is 18.7. The van der Waals surface area contributed by atoms with Crippen molar-refractivity contribution in [2.24, 2.45) is 0 Å². The van der Waals surface area contributed by atoms with Crippen LogP contribution in [0, 0.1) is 5.82 Å². The van der Waals surface area contributed by atoms with Crippen molar-refractivity contribution in [2.45, 2.75) is 13.0 Å². The van der Waals surface area contributed by atoms with Gasteiger partial charge in [0, 0.05) is 26.2 Å². The molecule has 1 aromatic carbocycles. The van der Waals surface area contributed by atoms with Gasteiger partial charge < -0.3 is 24.3 Å². The molecule has 0 spiro atoms. The van der Waals surface area contributed by atoms with Crippen molar-refractivity contribution < 1.29 is 18.3 Å². The number of amides is 1. The third-order valence-electron chi connectivity index (χ3n) is 5.15. The second-order valence-electron chi connectivity index (χ2n) is 7.21. The van der Waals surface area contributed by atoms with Gasteiger partial charge in [-0.1, -0.05) is 24.4 Å². The molecule has 164 valence electrons. The molecule has 2 fully saturated rings. The SMILES string of the molecule is CC(=S)NC[C@H]1CN(c2ccc(N3CCN(C(=S)c4nnco4)CC3)c(F)c2)C(=O)O1. The number of benzene rings is 1. The first-order valence-corrected chi connectivity index (χ1v) is 10.6. The number of halogens is 1. The number of cyclic esters (lactones) is 1. The summed E-state index contributed by atoms with van der Waals surface area (Å²) in [6.45, 7) is 4.90. The first-order valence-electron chi connectivity index (χ1n) is 9.75. The predicted molar refractivity (Wildman–Crippen MR) is 120 cm³/mol. The summed E-state index contributed by atoms with van der Waals surface area (Å²) in [7, 11) is 0. The molecule has 0 bridgehead atoms. The summed E-state index contributed by atoms with van der Waals surface area (Å²) in [5.41, 5.74) is 0.943. The quantitative estimate of drug-likeness (QED) is 0.663. The summed E-state index contributed by atoms with van der Waals surface area (Å²) >= 11 is 10.4. The summed E-state index contributed by atoms with van der Waals surface area (Å²) in [6.07, 6.45) is 0.399. The van der Waals surface area contributed by atoms with E-state index in [1.807, 2.05) is 9.80 Å². The number of anilines is 2. The van der Waals surface area contributed by atoms with Gasteiger partial charge >= 0.3 is 6.09 Å². The Morgan fingerprint density at radius 3 is 2.71 bits per heavy atom. The average molecular weight is 465 g/mol. The van der Waals surface area contributed by atoms with Crippen LogP contribution in [0.25, 0.3) is 0 Å². The van der Waals surface area contributed by atoms with E-state index in [1.165, 1.54) is 17.4 Å². The number of rotatable bonds is 5. The van der Waals surface area contributed by atoms with Crippen LogP contribution in [0.3, 0.4) is 0 Å². The predicted octanol–water partition coefficient (Wildman–Crippen LogP) is 1.97. The Bertz CT molecular complexity index is 981. The molecule has 1 amide bonds. The van der Waals surface area contributed by atoms with Crippen molar-refractivity contribution in [2.75, 3.05) is 49.1 Å². The Kier molecular flexibility index (Phi) is 6.28.